The summed E-state index contributed by atoms with van der Waals surface area (Å²) in [6, 6.07) is 13.6. The second-order valence-corrected chi connectivity index (χ2v) is 6.69. The molecule has 1 saturated heterocycles. The van der Waals surface area contributed by atoms with E-state index in [-0.39, 0.29) is 23.9 Å². The van der Waals surface area contributed by atoms with Crippen LogP contribution in [0.2, 0.25) is 0 Å². The lowest BCUT2D eigenvalue weighted by atomic mass is 10.1. The third kappa shape index (κ3) is 5.14. The molecule has 0 aliphatic carbocycles. The molecule has 2 aromatic rings. The lowest BCUT2D eigenvalue weighted by Crippen LogP contribution is -2.28. The van der Waals surface area contributed by atoms with E-state index in [1.165, 1.54) is 6.07 Å². The van der Waals surface area contributed by atoms with Crippen molar-refractivity contribution < 1.29 is 18.7 Å². The van der Waals surface area contributed by atoms with Gasteiger partial charge < -0.3 is 14.4 Å². The summed E-state index contributed by atoms with van der Waals surface area (Å²) < 4.78 is 25.2. The lowest BCUT2D eigenvalue weighted by molar-refractivity contribution is -0.125. The Morgan fingerprint density at radius 3 is 2.62 bits per heavy atom. The number of carbonyl (C=O) groups is 1. The van der Waals surface area contributed by atoms with Crippen LogP contribution in [0.4, 0.5) is 4.39 Å². The Bertz CT molecular complexity index is 943. The van der Waals surface area contributed by atoms with Crippen molar-refractivity contribution in [2.45, 2.75) is 26.4 Å². The van der Waals surface area contributed by atoms with Crippen LogP contribution in [0.1, 0.15) is 30.9 Å². The molecule has 1 heterocycles. The van der Waals surface area contributed by atoms with Gasteiger partial charge in [-0.05, 0) is 49.6 Å². The van der Waals surface area contributed by atoms with Crippen molar-refractivity contribution in [2.24, 2.45) is 0 Å². The zero-order chi connectivity index (χ0) is 20.6. The first-order chi connectivity index (χ1) is 14.1. The van der Waals surface area contributed by atoms with Crippen molar-refractivity contribution in [3.05, 3.63) is 65.0 Å². The van der Waals surface area contributed by atoms with Crippen molar-refractivity contribution in [3.63, 3.8) is 0 Å². The van der Waals surface area contributed by atoms with E-state index in [0.29, 0.717) is 42.3 Å². The summed E-state index contributed by atoms with van der Waals surface area (Å²) in [4.78, 5) is 14.2. The molecule has 1 amide bonds. The largest absolute Gasteiger partial charge is 0.490 e. The van der Waals surface area contributed by atoms with Crippen molar-refractivity contribution >= 4 is 12.0 Å². The van der Waals surface area contributed by atoms with Gasteiger partial charge in [0.2, 0.25) is 0 Å². The van der Waals surface area contributed by atoms with Gasteiger partial charge in [0.25, 0.3) is 5.91 Å². The number of hydrogen-bond acceptors (Lipinski definition) is 4. The average molecular weight is 394 g/mol. The molecule has 0 aromatic heterocycles. The molecule has 2 aromatic carbocycles. The molecule has 150 valence electrons. The maximum absolute atomic E-state index is 13.8. The van der Waals surface area contributed by atoms with Gasteiger partial charge in [0.05, 0.1) is 6.61 Å². The molecule has 0 atom stereocenters. The van der Waals surface area contributed by atoms with Gasteiger partial charge in [0.15, 0.2) is 11.5 Å². The van der Waals surface area contributed by atoms with Gasteiger partial charge in [-0.15, -0.1) is 0 Å². The Morgan fingerprint density at radius 2 is 1.93 bits per heavy atom. The van der Waals surface area contributed by atoms with Crippen LogP contribution in [-0.4, -0.2) is 30.5 Å². The summed E-state index contributed by atoms with van der Waals surface area (Å²) in [5, 5.41) is 9.42. The molecule has 1 fully saturated rings. The quantitative estimate of drug-likeness (QED) is 0.518. The van der Waals surface area contributed by atoms with Crippen LogP contribution in [0, 0.1) is 17.1 Å². The van der Waals surface area contributed by atoms with Crippen LogP contribution in [0.25, 0.3) is 6.08 Å². The average Bonchev–Trinajstić information content (AvgIpc) is 3.27. The van der Waals surface area contributed by atoms with E-state index < -0.39 is 0 Å². The highest BCUT2D eigenvalue weighted by Gasteiger charge is 2.21. The summed E-state index contributed by atoms with van der Waals surface area (Å²) in [7, 11) is 0. The number of amides is 1. The predicted octanol–water partition coefficient (Wildman–Crippen LogP) is 4.33. The maximum atomic E-state index is 13.8. The monoisotopic (exact) mass is 394 g/mol. The van der Waals surface area contributed by atoms with Gasteiger partial charge in [-0.3, -0.25) is 4.79 Å². The van der Waals surface area contributed by atoms with Crippen molar-refractivity contribution in [1.29, 1.82) is 5.26 Å². The van der Waals surface area contributed by atoms with Gasteiger partial charge >= 0.3 is 0 Å². The van der Waals surface area contributed by atoms with Crippen LogP contribution in [0.15, 0.2) is 48.0 Å². The minimum atomic E-state index is -0.330. The third-order valence-corrected chi connectivity index (χ3v) is 4.66. The number of halogens is 1. The normalized spacial score (nSPS) is 13.8. The summed E-state index contributed by atoms with van der Waals surface area (Å²) in [5.74, 6) is 0.368. The minimum absolute atomic E-state index is 0.0683. The van der Waals surface area contributed by atoms with E-state index in [4.69, 9.17) is 9.47 Å². The van der Waals surface area contributed by atoms with E-state index in [1.54, 1.807) is 47.4 Å². The Morgan fingerprint density at radius 1 is 1.17 bits per heavy atom. The molecule has 0 spiro atoms. The summed E-state index contributed by atoms with van der Waals surface area (Å²) in [5.41, 5.74) is 1.20. The highest BCUT2D eigenvalue weighted by Crippen LogP contribution is 2.30. The summed E-state index contributed by atoms with van der Waals surface area (Å²) in [6.45, 7) is 3.70. The molecule has 5 nitrogen and oxygen atoms in total. The van der Waals surface area contributed by atoms with Gasteiger partial charge in [-0.25, -0.2) is 4.39 Å². The Kier molecular flexibility index (Phi) is 6.85. The number of rotatable bonds is 7. The van der Waals surface area contributed by atoms with Crippen molar-refractivity contribution in [2.75, 3.05) is 19.7 Å². The van der Waals surface area contributed by atoms with Gasteiger partial charge in [-0.2, -0.15) is 5.26 Å². The Hall–Kier alpha value is -3.33. The molecule has 1 aliphatic rings. The number of hydrogen-bond donors (Lipinski definition) is 0. The van der Waals surface area contributed by atoms with Crippen LogP contribution >= 0.6 is 0 Å². The minimum Gasteiger partial charge on any atom is -0.490 e. The van der Waals surface area contributed by atoms with Gasteiger partial charge in [0.1, 0.15) is 24.1 Å². The first kappa shape index (κ1) is 20.4. The second kappa shape index (κ2) is 9.74. The van der Waals surface area contributed by atoms with Crippen molar-refractivity contribution in [1.82, 2.24) is 4.90 Å². The van der Waals surface area contributed by atoms with E-state index in [2.05, 4.69) is 0 Å². The van der Waals surface area contributed by atoms with Gasteiger partial charge in [0, 0.05) is 18.7 Å². The summed E-state index contributed by atoms with van der Waals surface area (Å²) >= 11 is 0. The van der Waals surface area contributed by atoms with Crippen LogP contribution in [0.3, 0.4) is 0 Å². The number of benzene rings is 2. The van der Waals surface area contributed by atoms with Crippen molar-refractivity contribution in [3.8, 4) is 17.6 Å². The first-order valence-corrected chi connectivity index (χ1v) is 9.66. The number of likely N-dealkylation sites (tertiary alicyclic amines) is 1. The van der Waals surface area contributed by atoms with Crippen LogP contribution < -0.4 is 9.47 Å². The zero-order valence-corrected chi connectivity index (χ0v) is 16.4. The molecule has 0 saturated carbocycles. The molecular formula is C23H23FN2O3. The van der Waals surface area contributed by atoms with E-state index in [9.17, 15) is 14.4 Å². The summed E-state index contributed by atoms with van der Waals surface area (Å²) in [6.07, 6.45) is 3.49. The molecule has 0 unspecified atom stereocenters. The number of nitriles is 1. The molecule has 0 radical (unpaired) electrons. The fourth-order valence-electron chi connectivity index (χ4n) is 3.17. The van der Waals surface area contributed by atoms with Crippen LogP contribution in [0.5, 0.6) is 11.5 Å². The smallest absolute Gasteiger partial charge is 0.264 e. The predicted molar refractivity (Wildman–Crippen MR) is 108 cm³/mol. The molecule has 0 N–H and O–H groups in total. The third-order valence-electron chi connectivity index (χ3n) is 4.66. The molecule has 1 aliphatic heterocycles. The SMILES string of the molecule is CCOc1cc(/C=C(\C#N)C(=O)N2CCCC2)ccc1OCc1ccccc1F. The Labute approximate surface area is 170 Å². The Balaban J connectivity index is 1.80. The molecule has 3 rings (SSSR count). The molecule has 0 bridgehead atoms. The van der Waals surface area contributed by atoms with E-state index in [1.807, 2.05) is 13.0 Å². The van der Waals surface area contributed by atoms with E-state index in [0.717, 1.165) is 12.8 Å². The number of carbonyl (C=O) groups excluding carboxylic acids is 1. The second-order valence-electron chi connectivity index (χ2n) is 6.69. The topological polar surface area (TPSA) is 62.6 Å². The molecule has 6 heteroatoms. The fourth-order valence-corrected chi connectivity index (χ4v) is 3.17. The molecule has 29 heavy (non-hydrogen) atoms. The number of nitrogens with zero attached hydrogens (tertiary/aromatic N) is 2. The molecular weight excluding hydrogens is 371 g/mol. The number of ether oxygens (including phenoxy) is 2. The zero-order valence-electron chi connectivity index (χ0n) is 16.4. The standard InChI is InChI=1S/C23H23FN2O3/c1-2-28-22-14-17(13-19(15-25)23(27)26-11-5-6-12-26)9-10-21(22)29-16-18-7-3-4-8-20(18)24/h3-4,7-10,13-14H,2,5-6,11-12,16H2,1H3/b19-13+. The van der Waals surface area contributed by atoms with Gasteiger partial charge in [-0.1, -0.05) is 24.3 Å². The lowest BCUT2D eigenvalue weighted by Gasteiger charge is -2.15. The maximum Gasteiger partial charge on any atom is 0.264 e. The highest BCUT2D eigenvalue weighted by atomic mass is 19.1. The fraction of sp³-hybridized carbons (Fsp3) is 0.304. The first-order valence-electron chi connectivity index (χ1n) is 9.66. The highest BCUT2D eigenvalue weighted by molar-refractivity contribution is 6.01. The van der Waals surface area contributed by atoms with E-state index >= 15 is 0 Å². The van der Waals surface area contributed by atoms with Crippen LogP contribution in [-0.2, 0) is 11.4 Å².